The summed E-state index contributed by atoms with van der Waals surface area (Å²) in [5, 5.41) is 2.86. The summed E-state index contributed by atoms with van der Waals surface area (Å²) in [6, 6.07) is 12.3. The van der Waals surface area contributed by atoms with Gasteiger partial charge >= 0.3 is 0 Å². The summed E-state index contributed by atoms with van der Waals surface area (Å²) in [7, 11) is 1.65. The van der Waals surface area contributed by atoms with Gasteiger partial charge in [-0.1, -0.05) is 26.0 Å². The van der Waals surface area contributed by atoms with Gasteiger partial charge in [0.1, 0.15) is 10.8 Å². The summed E-state index contributed by atoms with van der Waals surface area (Å²) in [5.74, 6) is 1.83. The fraction of sp³-hybridized carbons (Fsp3) is 0.261. The van der Waals surface area contributed by atoms with E-state index in [0.29, 0.717) is 12.5 Å². The number of aromatic nitrogens is 1. The number of hydrogen-bond donors (Lipinski definition) is 0. The fourth-order valence-electron chi connectivity index (χ4n) is 2.60. The van der Waals surface area contributed by atoms with Crippen molar-refractivity contribution in [3.63, 3.8) is 0 Å². The van der Waals surface area contributed by atoms with Crippen LogP contribution in [-0.4, -0.2) is 18.7 Å². The highest BCUT2D eigenvalue weighted by atomic mass is 32.1. The third kappa shape index (κ3) is 5.42. The molecule has 0 amide bonds. The van der Waals surface area contributed by atoms with E-state index in [1.165, 1.54) is 12.1 Å². The van der Waals surface area contributed by atoms with Gasteiger partial charge in [-0.15, -0.1) is 11.3 Å². The molecular weight excluding hydrogens is 373 g/mol. The van der Waals surface area contributed by atoms with Crippen molar-refractivity contribution in [1.82, 2.24) is 4.98 Å². The minimum absolute atomic E-state index is 0.246. The molecule has 28 heavy (non-hydrogen) atoms. The first-order valence-electron chi connectivity index (χ1n) is 9.25. The van der Waals surface area contributed by atoms with Crippen molar-refractivity contribution in [3.8, 4) is 22.8 Å². The molecule has 0 aliphatic rings. The molecule has 3 aromatic rings. The summed E-state index contributed by atoms with van der Waals surface area (Å²) in [6.07, 6.45) is 4.96. The van der Waals surface area contributed by atoms with Crippen LogP contribution in [0.2, 0.25) is 0 Å². The smallest absolute Gasteiger partial charge is 0.161 e. The van der Waals surface area contributed by atoms with Crippen molar-refractivity contribution in [2.45, 2.75) is 20.3 Å². The van der Waals surface area contributed by atoms with Crippen LogP contribution < -0.4 is 9.47 Å². The quantitative estimate of drug-likeness (QED) is 0.432. The molecule has 0 atom stereocenters. The zero-order valence-electron chi connectivity index (χ0n) is 16.3. The fourth-order valence-corrected chi connectivity index (χ4v) is 3.32. The Morgan fingerprint density at radius 1 is 1.07 bits per heavy atom. The molecule has 146 valence electrons. The predicted molar refractivity (Wildman–Crippen MR) is 114 cm³/mol. The molecule has 5 heteroatoms. The predicted octanol–water partition coefficient (Wildman–Crippen LogP) is 6.55. The van der Waals surface area contributed by atoms with E-state index in [-0.39, 0.29) is 5.82 Å². The molecule has 0 spiro atoms. The van der Waals surface area contributed by atoms with E-state index >= 15 is 0 Å². The Kier molecular flexibility index (Phi) is 6.82. The van der Waals surface area contributed by atoms with Crippen molar-refractivity contribution in [1.29, 1.82) is 0 Å². The highest BCUT2D eigenvalue weighted by molar-refractivity contribution is 7.10. The summed E-state index contributed by atoms with van der Waals surface area (Å²) in [6.45, 7) is 5.03. The lowest BCUT2D eigenvalue weighted by atomic mass is 10.1. The lowest BCUT2D eigenvalue weighted by molar-refractivity contribution is 0.273. The molecule has 0 unspecified atom stereocenters. The molecule has 0 saturated heterocycles. The van der Waals surface area contributed by atoms with Crippen LogP contribution in [0.5, 0.6) is 11.5 Å². The molecule has 0 fully saturated rings. The minimum atomic E-state index is -0.246. The van der Waals surface area contributed by atoms with Crippen LogP contribution in [-0.2, 0) is 0 Å². The van der Waals surface area contributed by atoms with E-state index < -0.39 is 0 Å². The first kappa shape index (κ1) is 20.1. The largest absolute Gasteiger partial charge is 0.493 e. The molecule has 0 aliphatic carbocycles. The number of methoxy groups -OCH3 is 1. The van der Waals surface area contributed by atoms with Crippen LogP contribution >= 0.6 is 11.3 Å². The number of nitrogens with zero attached hydrogens (tertiary/aromatic N) is 1. The molecule has 0 saturated carbocycles. The Morgan fingerprint density at radius 2 is 1.86 bits per heavy atom. The van der Waals surface area contributed by atoms with Crippen LogP contribution in [0, 0.1) is 11.7 Å². The van der Waals surface area contributed by atoms with Crippen molar-refractivity contribution < 1.29 is 13.9 Å². The van der Waals surface area contributed by atoms with Crippen LogP contribution in [0.3, 0.4) is 0 Å². The number of rotatable bonds is 8. The summed E-state index contributed by atoms with van der Waals surface area (Å²) in [5.41, 5.74) is 2.75. The van der Waals surface area contributed by atoms with E-state index in [2.05, 4.69) is 18.8 Å². The first-order valence-corrected chi connectivity index (χ1v) is 10.1. The lowest BCUT2D eigenvalue weighted by Gasteiger charge is -2.12. The van der Waals surface area contributed by atoms with Crippen LogP contribution in [0.15, 0.2) is 47.8 Å². The lowest BCUT2D eigenvalue weighted by Crippen LogP contribution is -2.02. The third-order valence-electron chi connectivity index (χ3n) is 4.22. The van der Waals surface area contributed by atoms with Crippen LogP contribution in [0.25, 0.3) is 23.4 Å². The van der Waals surface area contributed by atoms with Crippen LogP contribution in [0.4, 0.5) is 4.39 Å². The number of benzene rings is 2. The Labute approximate surface area is 169 Å². The second-order valence-electron chi connectivity index (χ2n) is 6.85. The third-order valence-corrected chi connectivity index (χ3v) is 5.03. The van der Waals surface area contributed by atoms with Gasteiger partial charge in [-0.3, -0.25) is 0 Å². The van der Waals surface area contributed by atoms with Crippen LogP contribution in [0.1, 0.15) is 30.8 Å². The average molecular weight is 398 g/mol. The molecule has 0 bridgehead atoms. The Hall–Kier alpha value is -2.66. The standard InChI is InChI=1S/C23H24FNO2S/c1-16(2)12-13-27-21-10-4-17(14-22(21)26-3)5-11-23-25-20(15-28-23)18-6-8-19(24)9-7-18/h4-11,14-16H,12-13H2,1-3H3/b11-5+. The summed E-state index contributed by atoms with van der Waals surface area (Å²) >= 11 is 1.55. The van der Waals surface area contributed by atoms with Gasteiger partial charge in [0.05, 0.1) is 19.4 Å². The average Bonchev–Trinajstić information content (AvgIpc) is 3.16. The molecule has 0 aliphatic heterocycles. The zero-order chi connectivity index (χ0) is 19.9. The molecular formula is C23H24FNO2S. The molecule has 0 radical (unpaired) electrons. The highest BCUT2D eigenvalue weighted by Crippen LogP contribution is 2.29. The Bertz CT molecular complexity index is 932. The van der Waals surface area contributed by atoms with Gasteiger partial charge in [0.15, 0.2) is 11.5 Å². The van der Waals surface area contributed by atoms with Gasteiger partial charge in [-0.05, 0) is 60.4 Å². The minimum Gasteiger partial charge on any atom is -0.493 e. The monoisotopic (exact) mass is 397 g/mol. The molecule has 3 nitrogen and oxygen atoms in total. The first-order chi connectivity index (χ1) is 13.5. The van der Waals surface area contributed by atoms with E-state index in [9.17, 15) is 4.39 Å². The maximum atomic E-state index is 13.1. The number of thiazole rings is 1. The van der Waals surface area contributed by atoms with E-state index in [1.807, 2.05) is 35.7 Å². The molecule has 3 rings (SSSR count). The zero-order valence-corrected chi connectivity index (χ0v) is 17.1. The summed E-state index contributed by atoms with van der Waals surface area (Å²) in [4.78, 5) is 4.60. The van der Waals surface area contributed by atoms with Crippen molar-refractivity contribution in [2.24, 2.45) is 5.92 Å². The SMILES string of the molecule is COc1cc(/C=C/c2nc(-c3ccc(F)cc3)cs2)ccc1OCCC(C)C. The van der Waals surface area contributed by atoms with E-state index in [4.69, 9.17) is 9.47 Å². The molecule has 1 heterocycles. The Morgan fingerprint density at radius 3 is 2.57 bits per heavy atom. The van der Waals surface area contributed by atoms with Crippen molar-refractivity contribution in [2.75, 3.05) is 13.7 Å². The van der Waals surface area contributed by atoms with Gasteiger partial charge < -0.3 is 9.47 Å². The maximum Gasteiger partial charge on any atom is 0.161 e. The number of halogens is 1. The molecule has 2 aromatic carbocycles. The van der Waals surface area contributed by atoms with Gasteiger partial charge in [0.25, 0.3) is 0 Å². The van der Waals surface area contributed by atoms with Crippen molar-refractivity contribution in [3.05, 3.63) is 64.2 Å². The van der Waals surface area contributed by atoms with Crippen molar-refractivity contribution >= 4 is 23.5 Å². The topological polar surface area (TPSA) is 31.4 Å². The van der Waals surface area contributed by atoms with E-state index in [0.717, 1.165) is 39.7 Å². The highest BCUT2D eigenvalue weighted by Gasteiger charge is 2.06. The number of hydrogen-bond acceptors (Lipinski definition) is 4. The second-order valence-corrected chi connectivity index (χ2v) is 7.74. The van der Waals surface area contributed by atoms with Gasteiger partial charge in [-0.2, -0.15) is 0 Å². The Balaban J connectivity index is 1.69. The maximum absolute atomic E-state index is 13.1. The van der Waals surface area contributed by atoms with Gasteiger partial charge in [0, 0.05) is 10.9 Å². The molecule has 0 N–H and O–H groups in total. The normalized spacial score (nSPS) is 11.3. The van der Waals surface area contributed by atoms with Gasteiger partial charge in [-0.25, -0.2) is 9.37 Å². The number of ether oxygens (including phenoxy) is 2. The van der Waals surface area contributed by atoms with E-state index in [1.54, 1.807) is 30.6 Å². The summed E-state index contributed by atoms with van der Waals surface area (Å²) < 4.78 is 24.4. The molecule has 1 aromatic heterocycles. The van der Waals surface area contributed by atoms with Gasteiger partial charge in [0.2, 0.25) is 0 Å². The second kappa shape index (κ2) is 9.51.